The zero-order valence-electron chi connectivity index (χ0n) is 13.4. The molecule has 2 rings (SSSR count). The summed E-state index contributed by atoms with van der Waals surface area (Å²) in [5.74, 6) is 1.71. The molecule has 1 fully saturated rings. The van der Waals surface area contributed by atoms with Crippen molar-refractivity contribution in [3.8, 4) is 5.75 Å². The number of ether oxygens (including phenoxy) is 2. The lowest BCUT2D eigenvalue weighted by molar-refractivity contribution is 0.0754. The zero-order chi connectivity index (χ0) is 14.9. The Bertz CT molecular complexity index is 383. The van der Waals surface area contributed by atoms with Crippen LogP contribution in [-0.2, 0) is 11.3 Å². The summed E-state index contributed by atoms with van der Waals surface area (Å²) in [6.45, 7) is 7.45. The summed E-state index contributed by atoms with van der Waals surface area (Å²) >= 11 is 0. The first-order chi connectivity index (χ1) is 10.2. The van der Waals surface area contributed by atoms with E-state index in [0.29, 0.717) is 19.3 Å². The predicted molar refractivity (Wildman–Crippen MR) is 86.7 cm³/mol. The van der Waals surface area contributed by atoms with Gasteiger partial charge in [-0.05, 0) is 36.5 Å². The minimum Gasteiger partial charge on any atom is -0.491 e. The second-order valence-electron chi connectivity index (χ2n) is 6.25. The molecule has 1 aliphatic carbocycles. The zero-order valence-corrected chi connectivity index (χ0v) is 13.4. The molecule has 1 aromatic carbocycles. The van der Waals surface area contributed by atoms with Gasteiger partial charge in [-0.15, -0.1) is 0 Å². The molecule has 1 saturated carbocycles. The maximum atomic E-state index is 5.71. The Morgan fingerprint density at radius 3 is 2.48 bits per heavy atom. The highest BCUT2D eigenvalue weighted by Crippen LogP contribution is 2.24. The van der Waals surface area contributed by atoms with E-state index in [1.165, 1.54) is 31.2 Å². The first-order valence-corrected chi connectivity index (χ1v) is 8.27. The lowest BCUT2D eigenvalue weighted by Crippen LogP contribution is -2.21. The molecule has 0 unspecified atom stereocenters. The van der Waals surface area contributed by atoms with Gasteiger partial charge in [0.05, 0.1) is 6.61 Å². The van der Waals surface area contributed by atoms with E-state index in [-0.39, 0.29) is 0 Å². The molecule has 0 heterocycles. The van der Waals surface area contributed by atoms with Gasteiger partial charge in [0.25, 0.3) is 0 Å². The molecule has 1 N–H and O–H groups in total. The average Bonchev–Trinajstić information content (AvgIpc) is 2.99. The lowest BCUT2D eigenvalue weighted by atomic mass is 10.1. The Morgan fingerprint density at radius 1 is 1.10 bits per heavy atom. The number of hydrogen-bond donors (Lipinski definition) is 1. The Hall–Kier alpha value is -1.06. The van der Waals surface area contributed by atoms with E-state index < -0.39 is 0 Å². The summed E-state index contributed by atoms with van der Waals surface area (Å²) in [5.41, 5.74) is 1.29. The van der Waals surface area contributed by atoms with Crippen LogP contribution in [0.1, 0.15) is 45.1 Å². The second kappa shape index (κ2) is 9.06. The molecular formula is C18H29NO2. The first-order valence-electron chi connectivity index (χ1n) is 8.27. The highest BCUT2D eigenvalue weighted by atomic mass is 16.5. The van der Waals surface area contributed by atoms with Crippen molar-refractivity contribution in [1.82, 2.24) is 5.32 Å². The van der Waals surface area contributed by atoms with Crippen LogP contribution in [0.3, 0.4) is 0 Å². The average molecular weight is 291 g/mol. The molecular weight excluding hydrogens is 262 g/mol. The van der Waals surface area contributed by atoms with Gasteiger partial charge in [-0.3, -0.25) is 0 Å². The van der Waals surface area contributed by atoms with Crippen molar-refractivity contribution in [2.75, 3.05) is 19.8 Å². The molecule has 0 aromatic heterocycles. The predicted octanol–water partition coefficient (Wildman–Crippen LogP) is 3.77. The van der Waals surface area contributed by atoms with Gasteiger partial charge in [0.2, 0.25) is 0 Å². The van der Waals surface area contributed by atoms with E-state index in [4.69, 9.17) is 9.47 Å². The van der Waals surface area contributed by atoms with Crippen molar-refractivity contribution in [3.63, 3.8) is 0 Å². The van der Waals surface area contributed by atoms with Crippen molar-refractivity contribution < 1.29 is 9.47 Å². The molecule has 0 aliphatic heterocycles. The van der Waals surface area contributed by atoms with Gasteiger partial charge in [0.15, 0.2) is 0 Å². The van der Waals surface area contributed by atoms with E-state index >= 15 is 0 Å². The number of benzene rings is 1. The van der Waals surface area contributed by atoms with Crippen LogP contribution in [0.4, 0.5) is 0 Å². The summed E-state index contributed by atoms with van der Waals surface area (Å²) < 4.78 is 11.4. The highest BCUT2D eigenvalue weighted by molar-refractivity contribution is 5.27. The third-order valence-corrected chi connectivity index (χ3v) is 3.96. The molecule has 0 atom stereocenters. The minimum atomic E-state index is 0.512. The molecule has 0 bridgehead atoms. The Labute approximate surface area is 129 Å². The van der Waals surface area contributed by atoms with Gasteiger partial charge in [-0.2, -0.15) is 0 Å². The summed E-state index contributed by atoms with van der Waals surface area (Å²) in [7, 11) is 0. The largest absolute Gasteiger partial charge is 0.491 e. The van der Waals surface area contributed by atoms with Crippen LogP contribution in [0, 0.1) is 5.92 Å². The Balaban J connectivity index is 1.57. The van der Waals surface area contributed by atoms with E-state index in [2.05, 4.69) is 31.3 Å². The molecule has 3 heteroatoms. The summed E-state index contributed by atoms with van der Waals surface area (Å²) in [4.78, 5) is 0. The molecule has 3 nitrogen and oxygen atoms in total. The molecule has 1 aromatic rings. The van der Waals surface area contributed by atoms with Crippen LogP contribution in [0.15, 0.2) is 24.3 Å². The fraction of sp³-hybridized carbons (Fsp3) is 0.667. The van der Waals surface area contributed by atoms with Gasteiger partial charge in [-0.1, -0.05) is 38.8 Å². The molecule has 0 radical (unpaired) electrons. The molecule has 21 heavy (non-hydrogen) atoms. The van der Waals surface area contributed by atoms with E-state index in [0.717, 1.165) is 24.8 Å². The fourth-order valence-electron chi connectivity index (χ4n) is 2.67. The normalized spacial score (nSPS) is 15.8. The summed E-state index contributed by atoms with van der Waals surface area (Å²) in [6, 6.07) is 8.81. The third-order valence-electron chi connectivity index (χ3n) is 3.96. The van der Waals surface area contributed by atoms with E-state index in [1.54, 1.807) is 0 Å². The van der Waals surface area contributed by atoms with Gasteiger partial charge in [0, 0.05) is 19.2 Å². The SMILES string of the molecule is CC(C)NCc1ccc(OCCOCC2CCCC2)cc1. The highest BCUT2D eigenvalue weighted by Gasteiger charge is 2.14. The van der Waals surface area contributed by atoms with Crippen molar-refractivity contribution >= 4 is 0 Å². The van der Waals surface area contributed by atoms with Crippen LogP contribution in [0.25, 0.3) is 0 Å². The van der Waals surface area contributed by atoms with Gasteiger partial charge >= 0.3 is 0 Å². The monoisotopic (exact) mass is 291 g/mol. The molecule has 0 spiro atoms. The van der Waals surface area contributed by atoms with Crippen molar-refractivity contribution in [2.24, 2.45) is 5.92 Å². The van der Waals surface area contributed by atoms with Gasteiger partial charge in [0.1, 0.15) is 12.4 Å². The maximum absolute atomic E-state index is 5.71. The Morgan fingerprint density at radius 2 is 1.81 bits per heavy atom. The topological polar surface area (TPSA) is 30.5 Å². The van der Waals surface area contributed by atoms with Crippen LogP contribution in [-0.4, -0.2) is 25.9 Å². The van der Waals surface area contributed by atoms with Crippen LogP contribution in [0.2, 0.25) is 0 Å². The third kappa shape index (κ3) is 6.49. The maximum Gasteiger partial charge on any atom is 0.119 e. The Kier molecular flexibility index (Phi) is 7.04. The molecule has 1 aliphatic rings. The molecule has 118 valence electrons. The number of nitrogens with one attached hydrogen (secondary N) is 1. The van der Waals surface area contributed by atoms with Crippen LogP contribution < -0.4 is 10.1 Å². The van der Waals surface area contributed by atoms with Crippen molar-refractivity contribution in [3.05, 3.63) is 29.8 Å². The molecule has 0 amide bonds. The van der Waals surface area contributed by atoms with Crippen LogP contribution >= 0.6 is 0 Å². The number of hydrogen-bond acceptors (Lipinski definition) is 3. The van der Waals surface area contributed by atoms with Gasteiger partial charge < -0.3 is 14.8 Å². The van der Waals surface area contributed by atoms with E-state index in [9.17, 15) is 0 Å². The lowest BCUT2D eigenvalue weighted by Gasteiger charge is -2.11. The molecule has 0 saturated heterocycles. The second-order valence-corrected chi connectivity index (χ2v) is 6.25. The standard InChI is InChI=1S/C18H29NO2/c1-15(2)19-13-16-7-9-18(10-8-16)21-12-11-20-14-17-5-3-4-6-17/h7-10,15,17,19H,3-6,11-14H2,1-2H3. The summed E-state index contributed by atoms with van der Waals surface area (Å²) in [5, 5.41) is 3.41. The fourth-order valence-corrected chi connectivity index (χ4v) is 2.67. The quantitative estimate of drug-likeness (QED) is 0.703. The van der Waals surface area contributed by atoms with Gasteiger partial charge in [-0.25, -0.2) is 0 Å². The number of rotatable bonds is 9. The minimum absolute atomic E-state index is 0.512. The van der Waals surface area contributed by atoms with Crippen molar-refractivity contribution in [2.45, 2.75) is 52.1 Å². The smallest absolute Gasteiger partial charge is 0.119 e. The van der Waals surface area contributed by atoms with E-state index in [1.807, 2.05) is 12.1 Å². The summed E-state index contributed by atoms with van der Waals surface area (Å²) in [6.07, 6.45) is 5.44. The van der Waals surface area contributed by atoms with Crippen LogP contribution in [0.5, 0.6) is 5.75 Å². The van der Waals surface area contributed by atoms with Crippen molar-refractivity contribution in [1.29, 1.82) is 0 Å². The first kappa shape index (κ1) is 16.3.